The molecule has 2 aromatic rings. The summed E-state index contributed by atoms with van der Waals surface area (Å²) in [5.41, 5.74) is 1.19. The predicted molar refractivity (Wildman–Crippen MR) is 101 cm³/mol. The summed E-state index contributed by atoms with van der Waals surface area (Å²) >= 11 is 1.44. The molecule has 0 aliphatic heterocycles. The molecule has 1 saturated carbocycles. The van der Waals surface area contributed by atoms with Gasteiger partial charge in [-0.3, -0.25) is 4.79 Å². The van der Waals surface area contributed by atoms with Gasteiger partial charge in [0.2, 0.25) is 5.91 Å². The van der Waals surface area contributed by atoms with E-state index in [1.165, 1.54) is 30.2 Å². The number of hydrogen-bond acceptors (Lipinski definition) is 4. The molecule has 6 heteroatoms. The average molecular weight is 356 g/mol. The minimum atomic E-state index is 0.0784. The first-order valence-electron chi connectivity index (χ1n) is 8.75. The number of carbonyl (C=O) groups excluding carboxylic acids is 1. The molecular formula is C19H24N4OS. The van der Waals surface area contributed by atoms with Crippen LogP contribution in [0.15, 0.2) is 48.1 Å². The van der Waals surface area contributed by atoms with Gasteiger partial charge in [0, 0.05) is 19.0 Å². The molecule has 0 bridgehead atoms. The van der Waals surface area contributed by atoms with E-state index < -0.39 is 0 Å². The summed E-state index contributed by atoms with van der Waals surface area (Å²) in [6.07, 6.45) is 7.19. The third kappa shape index (κ3) is 4.95. The van der Waals surface area contributed by atoms with Crippen molar-refractivity contribution in [1.82, 2.24) is 20.1 Å². The molecule has 0 unspecified atom stereocenters. The van der Waals surface area contributed by atoms with Crippen molar-refractivity contribution in [2.75, 3.05) is 5.75 Å². The van der Waals surface area contributed by atoms with E-state index in [4.69, 9.17) is 0 Å². The Kier molecular flexibility index (Phi) is 6.28. The number of nitrogens with zero attached hydrogens (tertiary/aromatic N) is 3. The highest BCUT2D eigenvalue weighted by Gasteiger charge is 2.18. The largest absolute Gasteiger partial charge is 0.353 e. The Balaban J connectivity index is 1.62. The zero-order chi connectivity index (χ0) is 17.5. The summed E-state index contributed by atoms with van der Waals surface area (Å²) < 4.78 is 2.04. The van der Waals surface area contributed by atoms with Gasteiger partial charge in [-0.15, -0.1) is 16.8 Å². The van der Waals surface area contributed by atoms with E-state index in [2.05, 4.69) is 34.2 Å². The normalized spacial score (nSPS) is 14.6. The Morgan fingerprint density at radius 1 is 1.28 bits per heavy atom. The molecule has 132 valence electrons. The van der Waals surface area contributed by atoms with Gasteiger partial charge in [0.25, 0.3) is 0 Å². The molecule has 1 aromatic carbocycles. The molecule has 0 saturated heterocycles. The molecule has 1 fully saturated rings. The number of aromatic nitrogens is 3. The van der Waals surface area contributed by atoms with Crippen LogP contribution in [0.1, 0.15) is 37.1 Å². The van der Waals surface area contributed by atoms with Gasteiger partial charge in [-0.2, -0.15) is 0 Å². The predicted octanol–water partition coefficient (Wildman–Crippen LogP) is 3.21. The van der Waals surface area contributed by atoms with Crippen molar-refractivity contribution in [2.24, 2.45) is 0 Å². The third-order valence-corrected chi connectivity index (χ3v) is 5.33. The molecule has 1 heterocycles. The van der Waals surface area contributed by atoms with E-state index in [1.54, 1.807) is 0 Å². The molecule has 0 atom stereocenters. The smallest absolute Gasteiger partial charge is 0.230 e. The van der Waals surface area contributed by atoms with Crippen LogP contribution in [0, 0.1) is 0 Å². The summed E-state index contributed by atoms with van der Waals surface area (Å²) in [6, 6.07) is 10.6. The number of allylic oxidation sites excluding steroid dienone is 1. The second-order valence-electron chi connectivity index (χ2n) is 6.30. The van der Waals surface area contributed by atoms with Crippen LogP contribution in [0.25, 0.3) is 0 Å². The zero-order valence-corrected chi connectivity index (χ0v) is 15.2. The number of carbonyl (C=O) groups is 1. The van der Waals surface area contributed by atoms with E-state index in [-0.39, 0.29) is 5.91 Å². The lowest BCUT2D eigenvalue weighted by molar-refractivity contribution is -0.119. The standard InChI is InChI=1S/C19H24N4OS/c1-2-12-23-17(13-15-8-4-3-5-9-15)21-22-19(23)25-14-18(24)20-16-10-6-7-11-16/h2-5,8-9,16H,1,6-7,10-14H2,(H,20,24). The Labute approximate surface area is 152 Å². The van der Waals surface area contributed by atoms with Crippen molar-refractivity contribution in [3.8, 4) is 0 Å². The number of benzene rings is 1. The van der Waals surface area contributed by atoms with Gasteiger partial charge in [-0.25, -0.2) is 0 Å². The quantitative estimate of drug-likeness (QED) is 0.583. The van der Waals surface area contributed by atoms with Crippen molar-refractivity contribution in [1.29, 1.82) is 0 Å². The van der Waals surface area contributed by atoms with Crippen LogP contribution in [0.5, 0.6) is 0 Å². The maximum absolute atomic E-state index is 12.1. The SMILES string of the molecule is C=CCn1c(Cc2ccccc2)nnc1SCC(=O)NC1CCCC1. The summed E-state index contributed by atoms with van der Waals surface area (Å²) in [7, 11) is 0. The van der Waals surface area contributed by atoms with Gasteiger partial charge < -0.3 is 9.88 Å². The highest BCUT2D eigenvalue weighted by Crippen LogP contribution is 2.20. The third-order valence-electron chi connectivity index (χ3n) is 4.36. The van der Waals surface area contributed by atoms with Crippen molar-refractivity contribution in [3.63, 3.8) is 0 Å². The second-order valence-corrected chi connectivity index (χ2v) is 7.24. The maximum atomic E-state index is 12.1. The van der Waals surface area contributed by atoms with Crippen LogP contribution in [-0.2, 0) is 17.8 Å². The Bertz CT molecular complexity index is 707. The molecule has 3 rings (SSSR count). The van der Waals surface area contributed by atoms with Gasteiger partial charge in [0.05, 0.1) is 5.75 Å². The number of amides is 1. The van der Waals surface area contributed by atoms with Crippen LogP contribution in [-0.4, -0.2) is 32.5 Å². The molecular weight excluding hydrogens is 332 g/mol. The minimum absolute atomic E-state index is 0.0784. The number of nitrogens with one attached hydrogen (secondary N) is 1. The fourth-order valence-electron chi connectivity index (χ4n) is 3.12. The average Bonchev–Trinajstić information content (AvgIpc) is 3.25. The zero-order valence-electron chi connectivity index (χ0n) is 14.4. The minimum Gasteiger partial charge on any atom is -0.353 e. The lowest BCUT2D eigenvalue weighted by atomic mass is 10.1. The van der Waals surface area contributed by atoms with Gasteiger partial charge in [0.1, 0.15) is 5.82 Å². The van der Waals surface area contributed by atoms with Crippen molar-refractivity contribution >= 4 is 17.7 Å². The van der Waals surface area contributed by atoms with Gasteiger partial charge in [-0.05, 0) is 18.4 Å². The van der Waals surface area contributed by atoms with Crippen LogP contribution < -0.4 is 5.32 Å². The van der Waals surface area contributed by atoms with Crippen molar-refractivity contribution < 1.29 is 4.79 Å². The number of hydrogen-bond donors (Lipinski definition) is 1. The highest BCUT2D eigenvalue weighted by atomic mass is 32.2. The van der Waals surface area contributed by atoms with Gasteiger partial charge >= 0.3 is 0 Å². The summed E-state index contributed by atoms with van der Waals surface area (Å²) in [6.45, 7) is 4.46. The van der Waals surface area contributed by atoms with Crippen LogP contribution in [0.4, 0.5) is 0 Å². The molecule has 0 radical (unpaired) electrons. The van der Waals surface area contributed by atoms with Gasteiger partial charge in [0.15, 0.2) is 5.16 Å². The van der Waals surface area contributed by atoms with Gasteiger partial charge in [-0.1, -0.05) is 61.0 Å². The lowest BCUT2D eigenvalue weighted by Gasteiger charge is -2.12. The van der Waals surface area contributed by atoms with E-state index in [9.17, 15) is 4.79 Å². The number of thioether (sulfide) groups is 1. The first-order chi connectivity index (χ1) is 12.3. The highest BCUT2D eigenvalue weighted by molar-refractivity contribution is 7.99. The molecule has 1 N–H and O–H groups in total. The maximum Gasteiger partial charge on any atom is 0.230 e. The van der Waals surface area contributed by atoms with E-state index >= 15 is 0 Å². The van der Waals surface area contributed by atoms with Crippen molar-refractivity contribution in [2.45, 2.75) is 49.8 Å². The van der Waals surface area contributed by atoms with Crippen LogP contribution in [0.3, 0.4) is 0 Å². The van der Waals surface area contributed by atoms with Crippen LogP contribution >= 0.6 is 11.8 Å². The topological polar surface area (TPSA) is 59.8 Å². The molecule has 0 spiro atoms. The molecule has 25 heavy (non-hydrogen) atoms. The molecule has 1 aliphatic rings. The van der Waals surface area contributed by atoms with E-state index in [0.717, 1.165) is 30.2 Å². The first-order valence-corrected chi connectivity index (χ1v) is 9.74. The number of rotatable bonds is 8. The van der Waals surface area contributed by atoms with E-state index in [1.807, 2.05) is 28.8 Å². The summed E-state index contributed by atoms with van der Waals surface area (Å²) in [4.78, 5) is 12.1. The van der Waals surface area contributed by atoms with E-state index in [0.29, 0.717) is 18.3 Å². The first kappa shape index (κ1) is 17.7. The fraction of sp³-hybridized carbons (Fsp3) is 0.421. The molecule has 1 amide bonds. The second kappa shape index (κ2) is 8.85. The molecule has 1 aromatic heterocycles. The van der Waals surface area contributed by atoms with Crippen molar-refractivity contribution in [3.05, 3.63) is 54.4 Å². The Morgan fingerprint density at radius 2 is 2.04 bits per heavy atom. The summed E-state index contributed by atoms with van der Waals surface area (Å²) in [5.74, 6) is 1.34. The van der Waals surface area contributed by atoms with Crippen LogP contribution in [0.2, 0.25) is 0 Å². The Morgan fingerprint density at radius 3 is 2.76 bits per heavy atom. The molecule has 5 nitrogen and oxygen atoms in total. The summed E-state index contributed by atoms with van der Waals surface area (Å²) in [5, 5.41) is 12.5. The lowest BCUT2D eigenvalue weighted by Crippen LogP contribution is -2.33. The molecule has 1 aliphatic carbocycles. The Hall–Kier alpha value is -2.08. The fourth-order valence-corrected chi connectivity index (χ4v) is 3.89. The monoisotopic (exact) mass is 356 g/mol.